The van der Waals surface area contributed by atoms with Gasteiger partial charge < -0.3 is 9.80 Å². The summed E-state index contributed by atoms with van der Waals surface area (Å²) in [7, 11) is 0. The van der Waals surface area contributed by atoms with Gasteiger partial charge in [-0.2, -0.15) is 0 Å². The van der Waals surface area contributed by atoms with Crippen LogP contribution in [0.3, 0.4) is 0 Å². The van der Waals surface area contributed by atoms with Crippen molar-refractivity contribution in [1.82, 2.24) is 9.80 Å². The van der Waals surface area contributed by atoms with Crippen molar-refractivity contribution in [1.29, 1.82) is 0 Å². The Hall–Kier alpha value is -0.0800. The van der Waals surface area contributed by atoms with E-state index < -0.39 is 0 Å². The number of hydrogen-bond acceptors (Lipinski definition) is 2. The molecule has 0 saturated carbocycles. The molecule has 2 aliphatic heterocycles. The third-order valence-corrected chi connectivity index (χ3v) is 3.99. The molecule has 2 saturated heterocycles. The number of hydrogen-bond donors (Lipinski definition) is 0. The standard InChI is InChI=1S/C12H24N2/c1-4-13-8-12(9-13)6-5-7-14(10-12)11(2)3/h11H,4-10H2,1-3H3. The molecule has 0 unspecified atom stereocenters. The first-order valence-electron chi connectivity index (χ1n) is 6.12. The van der Waals surface area contributed by atoms with E-state index in [0.717, 1.165) is 6.04 Å². The Morgan fingerprint density at radius 1 is 1.21 bits per heavy atom. The molecule has 0 aromatic rings. The summed E-state index contributed by atoms with van der Waals surface area (Å²) in [6.45, 7) is 13.6. The largest absolute Gasteiger partial charge is 0.302 e. The highest BCUT2D eigenvalue weighted by Crippen LogP contribution is 2.39. The molecule has 0 atom stereocenters. The highest BCUT2D eigenvalue weighted by atomic mass is 15.3. The summed E-state index contributed by atoms with van der Waals surface area (Å²) in [5.74, 6) is 0. The summed E-state index contributed by atoms with van der Waals surface area (Å²) in [4.78, 5) is 5.24. The zero-order chi connectivity index (χ0) is 10.2. The second kappa shape index (κ2) is 3.82. The van der Waals surface area contributed by atoms with E-state index in [1.807, 2.05) is 0 Å². The molecule has 0 amide bonds. The molecular formula is C12H24N2. The summed E-state index contributed by atoms with van der Waals surface area (Å²) in [5.41, 5.74) is 0.679. The molecule has 0 aromatic carbocycles. The molecular weight excluding hydrogens is 172 g/mol. The SMILES string of the molecule is CCN1CC2(CCCN(C(C)C)C2)C1. The molecule has 2 fully saturated rings. The first kappa shape index (κ1) is 10.4. The average molecular weight is 196 g/mol. The van der Waals surface area contributed by atoms with Gasteiger partial charge in [-0.05, 0) is 39.8 Å². The summed E-state index contributed by atoms with van der Waals surface area (Å²) in [6, 6.07) is 0.739. The predicted molar refractivity (Wildman–Crippen MR) is 60.5 cm³/mol. The number of rotatable bonds is 2. The number of piperidine rings is 1. The van der Waals surface area contributed by atoms with Crippen LogP contribution in [0.4, 0.5) is 0 Å². The summed E-state index contributed by atoms with van der Waals surface area (Å²) >= 11 is 0. The highest BCUT2D eigenvalue weighted by molar-refractivity contribution is 4.99. The van der Waals surface area contributed by atoms with Gasteiger partial charge in [0.25, 0.3) is 0 Å². The van der Waals surface area contributed by atoms with Crippen LogP contribution < -0.4 is 0 Å². The zero-order valence-corrected chi connectivity index (χ0v) is 9.92. The Kier molecular flexibility index (Phi) is 2.85. The maximum atomic E-state index is 2.66. The van der Waals surface area contributed by atoms with Crippen LogP contribution in [0.25, 0.3) is 0 Å². The molecule has 0 radical (unpaired) electrons. The minimum atomic E-state index is 0.679. The molecule has 2 heterocycles. The molecule has 14 heavy (non-hydrogen) atoms. The van der Waals surface area contributed by atoms with Gasteiger partial charge in [0.2, 0.25) is 0 Å². The van der Waals surface area contributed by atoms with Crippen molar-refractivity contribution in [2.45, 2.75) is 39.7 Å². The van der Waals surface area contributed by atoms with E-state index in [1.165, 1.54) is 45.6 Å². The molecule has 2 heteroatoms. The van der Waals surface area contributed by atoms with Gasteiger partial charge in [-0.15, -0.1) is 0 Å². The van der Waals surface area contributed by atoms with Crippen LogP contribution in [0.5, 0.6) is 0 Å². The normalized spacial score (nSPS) is 28.3. The molecule has 0 aromatic heterocycles. The van der Waals surface area contributed by atoms with E-state index in [0.29, 0.717) is 5.41 Å². The second-order valence-electron chi connectivity index (χ2n) is 5.47. The smallest absolute Gasteiger partial charge is 0.00853 e. The lowest BCUT2D eigenvalue weighted by Crippen LogP contribution is -2.63. The van der Waals surface area contributed by atoms with Crippen LogP contribution in [0, 0.1) is 5.41 Å². The van der Waals surface area contributed by atoms with Crippen molar-refractivity contribution in [3.8, 4) is 0 Å². The fraction of sp³-hybridized carbons (Fsp3) is 1.00. The van der Waals surface area contributed by atoms with Crippen LogP contribution in [-0.2, 0) is 0 Å². The maximum Gasteiger partial charge on any atom is 0.00853 e. The van der Waals surface area contributed by atoms with Crippen molar-refractivity contribution in [3.63, 3.8) is 0 Å². The molecule has 2 nitrogen and oxygen atoms in total. The van der Waals surface area contributed by atoms with Crippen molar-refractivity contribution in [3.05, 3.63) is 0 Å². The van der Waals surface area contributed by atoms with Crippen LogP contribution in [0.1, 0.15) is 33.6 Å². The number of nitrogens with zero attached hydrogens (tertiary/aromatic N) is 2. The fourth-order valence-corrected chi connectivity index (χ4v) is 3.07. The second-order valence-corrected chi connectivity index (χ2v) is 5.47. The van der Waals surface area contributed by atoms with Gasteiger partial charge in [-0.1, -0.05) is 6.92 Å². The first-order valence-corrected chi connectivity index (χ1v) is 6.12. The van der Waals surface area contributed by atoms with E-state index in [4.69, 9.17) is 0 Å². The lowest BCUT2D eigenvalue weighted by atomic mass is 9.73. The van der Waals surface area contributed by atoms with Gasteiger partial charge in [-0.3, -0.25) is 0 Å². The topological polar surface area (TPSA) is 6.48 Å². The average Bonchev–Trinajstić information content (AvgIpc) is 2.14. The summed E-state index contributed by atoms with van der Waals surface area (Å²) < 4.78 is 0. The van der Waals surface area contributed by atoms with Gasteiger partial charge in [-0.25, -0.2) is 0 Å². The molecule has 2 rings (SSSR count). The lowest BCUT2D eigenvalue weighted by molar-refractivity contribution is -0.0585. The Labute approximate surface area is 88.3 Å². The predicted octanol–water partition coefficient (Wildman–Crippen LogP) is 1.81. The highest BCUT2D eigenvalue weighted by Gasteiger charge is 2.44. The maximum absolute atomic E-state index is 2.66. The van der Waals surface area contributed by atoms with E-state index in [-0.39, 0.29) is 0 Å². The van der Waals surface area contributed by atoms with Gasteiger partial charge in [0.1, 0.15) is 0 Å². The van der Waals surface area contributed by atoms with Crippen LogP contribution in [-0.4, -0.2) is 48.6 Å². The molecule has 0 bridgehead atoms. The van der Waals surface area contributed by atoms with Crippen molar-refractivity contribution in [2.75, 3.05) is 32.7 Å². The van der Waals surface area contributed by atoms with E-state index >= 15 is 0 Å². The van der Waals surface area contributed by atoms with Crippen LogP contribution >= 0.6 is 0 Å². The number of likely N-dealkylation sites (tertiary alicyclic amines) is 2. The van der Waals surface area contributed by atoms with Crippen molar-refractivity contribution < 1.29 is 0 Å². The minimum absolute atomic E-state index is 0.679. The first-order chi connectivity index (χ1) is 6.65. The fourth-order valence-electron chi connectivity index (χ4n) is 3.07. The minimum Gasteiger partial charge on any atom is -0.302 e. The van der Waals surface area contributed by atoms with Crippen molar-refractivity contribution >= 4 is 0 Å². The monoisotopic (exact) mass is 196 g/mol. The molecule has 82 valence electrons. The molecule has 0 aliphatic carbocycles. The van der Waals surface area contributed by atoms with Gasteiger partial charge in [0, 0.05) is 31.1 Å². The zero-order valence-electron chi connectivity index (χ0n) is 9.92. The quantitative estimate of drug-likeness (QED) is 0.664. The van der Waals surface area contributed by atoms with E-state index in [9.17, 15) is 0 Å². The van der Waals surface area contributed by atoms with Crippen LogP contribution in [0.2, 0.25) is 0 Å². The van der Waals surface area contributed by atoms with Gasteiger partial charge >= 0.3 is 0 Å². The Bertz CT molecular complexity index is 194. The van der Waals surface area contributed by atoms with Crippen molar-refractivity contribution in [2.24, 2.45) is 5.41 Å². The summed E-state index contributed by atoms with van der Waals surface area (Å²) in [6.07, 6.45) is 2.88. The van der Waals surface area contributed by atoms with E-state index in [1.54, 1.807) is 0 Å². The summed E-state index contributed by atoms with van der Waals surface area (Å²) in [5, 5.41) is 0. The van der Waals surface area contributed by atoms with Gasteiger partial charge in [0.15, 0.2) is 0 Å². The molecule has 0 N–H and O–H groups in total. The third kappa shape index (κ3) is 1.82. The Balaban J connectivity index is 1.89. The van der Waals surface area contributed by atoms with Crippen LogP contribution in [0.15, 0.2) is 0 Å². The molecule has 1 spiro atoms. The van der Waals surface area contributed by atoms with E-state index in [2.05, 4.69) is 30.6 Å². The Morgan fingerprint density at radius 2 is 1.93 bits per heavy atom. The Morgan fingerprint density at radius 3 is 2.50 bits per heavy atom. The molecule has 2 aliphatic rings. The lowest BCUT2D eigenvalue weighted by Gasteiger charge is -2.55. The van der Waals surface area contributed by atoms with Gasteiger partial charge in [0.05, 0.1) is 0 Å². The third-order valence-electron chi connectivity index (χ3n) is 3.99.